The number of amides is 1. The minimum atomic E-state index is -3.60. The van der Waals surface area contributed by atoms with Gasteiger partial charge in [-0.1, -0.05) is 19.9 Å². The molecular weight excluding hydrogens is 368 g/mol. The summed E-state index contributed by atoms with van der Waals surface area (Å²) < 4.78 is 37.0. The predicted molar refractivity (Wildman–Crippen MR) is 104 cm³/mol. The van der Waals surface area contributed by atoms with Gasteiger partial charge in [-0.3, -0.25) is 4.79 Å². The summed E-state index contributed by atoms with van der Waals surface area (Å²) in [6.07, 6.45) is 0. The molecule has 0 bridgehead atoms. The zero-order chi connectivity index (χ0) is 20.0. The van der Waals surface area contributed by atoms with Crippen molar-refractivity contribution >= 4 is 21.6 Å². The Bertz CT molecular complexity index is 886. The van der Waals surface area contributed by atoms with Gasteiger partial charge >= 0.3 is 0 Å². The quantitative estimate of drug-likeness (QED) is 0.746. The molecule has 0 saturated carbocycles. The van der Waals surface area contributed by atoms with E-state index in [2.05, 4.69) is 5.32 Å². The maximum Gasteiger partial charge on any atom is 0.255 e. The zero-order valence-electron chi connectivity index (χ0n) is 15.9. The Kier molecular flexibility index (Phi) is 6.81. The molecule has 7 nitrogen and oxygen atoms in total. The van der Waals surface area contributed by atoms with Crippen LogP contribution in [0.5, 0.6) is 11.5 Å². The molecule has 0 unspecified atom stereocenters. The van der Waals surface area contributed by atoms with Gasteiger partial charge in [0.2, 0.25) is 10.0 Å². The second-order valence-electron chi connectivity index (χ2n) is 5.67. The molecule has 0 aliphatic heterocycles. The molecule has 0 spiro atoms. The molecule has 0 heterocycles. The monoisotopic (exact) mass is 392 g/mol. The van der Waals surface area contributed by atoms with E-state index in [4.69, 9.17) is 9.47 Å². The molecule has 0 radical (unpaired) electrons. The third-order valence-corrected chi connectivity index (χ3v) is 6.09. The number of hydrogen-bond donors (Lipinski definition) is 1. The van der Waals surface area contributed by atoms with Gasteiger partial charge in [0.1, 0.15) is 11.5 Å². The van der Waals surface area contributed by atoms with Crippen molar-refractivity contribution in [1.29, 1.82) is 0 Å². The molecule has 0 saturated heterocycles. The maximum absolute atomic E-state index is 12.6. The fourth-order valence-electron chi connectivity index (χ4n) is 2.59. The van der Waals surface area contributed by atoms with Gasteiger partial charge in [-0.05, 0) is 30.3 Å². The van der Waals surface area contributed by atoms with Crippen molar-refractivity contribution in [2.24, 2.45) is 0 Å². The van der Waals surface area contributed by atoms with Crippen molar-refractivity contribution in [3.8, 4) is 11.5 Å². The van der Waals surface area contributed by atoms with Crippen LogP contribution < -0.4 is 14.8 Å². The average Bonchev–Trinajstić information content (AvgIpc) is 2.68. The van der Waals surface area contributed by atoms with E-state index in [0.717, 1.165) is 0 Å². The van der Waals surface area contributed by atoms with Crippen LogP contribution in [-0.2, 0) is 10.0 Å². The first-order valence-electron chi connectivity index (χ1n) is 8.50. The highest BCUT2D eigenvalue weighted by Crippen LogP contribution is 2.24. The zero-order valence-corrected chi connectivity index (χ0v) is 16.7. The lowest BCUT2D eigenvalue weighted by Crippen LogP contribution is -2.30. The highest BCUT2D eigenvalue weighted by Gasteiger charge is 2.22. The first-order chi connectivity index (χ1) is 12.8. The van der Waals surface area contributed by atoms with Crippen molar-refractivity contribution < 1.29 is 22.7 Å². The number of carbonyl (C=O) groups is 1. The third kappa shape index (κ3) is 4.78. The van der Waals surface area contributed by atoms with Gasteiger partial charge in [0, 0.05) is 30.4 Å². The van der Waals surface area contributed by atoms with Crippen LogP contribution in [0.1, 0.15) is 24.2 Å². The molecule has 0 fully saturated rings. The van der Waals surface area contributed by atoms with Crippen LogP contribution in [0.25, 0.3) is 0 Å². The van der Waals surface area contributed by atoms with Crippen LogP contribution in [0.15, 0.2) is 47.4 Å². The predicted octanol–water partition coefficient (Wildman–Crippen LogP) is 2.99. The number of sulfonamides is 1. The minimum absolute atomic E-state index is 0.132. The molecule has 27 heavy (non-hydrogen) atoms. The summed E-state index contributed by atoms with van der Waals surface area (Å²) in [4.78, 5) is 12.7. The molecule has 1 N–H and O–H groups in total. The van der Waals surface area contributed by atoms with E-state index in [-0.39, 0.29) is 4.90 Å². The van der Waals surface area contributed by atoms with Crippen molar-refractivity contribution in [3.63, 3.8) is 0 Å². The number of hydrogen-bond acceptors (Lipinski definition) is 5. The minimum Gasteiger partial charge on any atom is -0.497 e. The molecule has 2 aromatic carbocycles. The van der Waals surface area contributed by atoms with E-state index >= 15 is 0 Å². The highest BCUT2D eigenvalue weighted by molar-refractivity contribution is 7.89. The van der Waals surface area contributed by atoms with Crippen molar-refractivity contribution in [3.05, 3.63) is 48.0 Å². The van der Waals surface area contributed by atoms with E-state index in [1.54, 1.807) is 44.2 Å². The van der Waals surface area contributed by atoms with Crippen LogP contribution in [0, 0.1) is 0 Å². The van der Waals surface area contributed by atoms with Crippen LogP contribution in [0.3, 0.4) is 0 Å². The lowest BCUT2D eigenvalue weighted by molar-refractivity contribution is 0.102. The number of rotatable bonds is 8. The van der Waals surface area contributed by atoms with Gasteiger partial charge in [0.15, 0.2) is 0 Å². The van der Waals surface area contributed by atoms with Crippen molar-refractivity contribution in [2.45, 2.75) is 18.7 Å². The maximum atomic E-state index is 12.6. The highest BCUT2D eigenvalue weighted by atomic mass is 32.2. The Balaban J connectivity index is 2.30. The summed E-state index contributed by atoms with van der Waals surface area (Å²) in [6, 6.07) is 11.0. The van der Waals surface area contributed by atoms with Gasteiger partial charge in [-0.25, -0.2) is 8.42 Å². The number of anilines is 1. The summed E-state index contributed by atoms with van der Waals surface area (Å²) in [5.41, 5.74) is 0.721. The first-order valence-corrected chi connectivity index (χ1v) is 9.94. The van der Waals surface area contributed by atoms with Gasteiger partial charge in [0.05, 0.1) is 19.1 Å². The first kappa shape index (κ1) is 20.7. The Morgan fingerprint density at radius 1 is 1.00 bits per heavy atom. The number of ether oxygens (including phenoxy) is 2. The van der Waals surface area contributed by atoms with Crippen LogP contribution in [-0.4, -0.2) is 45.9 Å². The Morgan fingerprint density at radius 2 is 1.59 bits per heavy atom. The van der Waals surface area contributed by atoms with Crippen molar-refractivity contribution in [2.75, 3.05) is 32.6 Å². The Hall–Kier alpha value is -2.58. The molecule has 1 amide bonds. The van der Waals surface area contributed by atoms with E-state index in [1.807, 2.05) is 0 Å². The number of nitrogens with one attached hydrogen (secondary N) is 1. The normalized spacial score (nSPS) is 11.3. The Morgan fingerprint density at radius 3 is 2.11 bits per heavy atom. The lowest BCUT2D eigenvalue weighted by atomic mass is 10.2. The topological polar surface area (TPSA) is 84.9 Å². The largest absolute Gasteiger partial charge is 0.497 e. The summed E-state index contributed by atoms with van der Waals surface area (Å²) >= 11 is 0. The molecule has 146 valence electrons. The van der Waals surface area contributed by atoms with Gasteiger partial charge in [0.25, 0.3) is 5.91 Å². The molecule has 8 heteroatoms. The van der Waals surface area contributed by atoms with E-state index < -0.39 is 15.9 Å². The standard InChI is InChI=1S/C19H24N2O5S/c1-5-21(6-2)27(23,24)18-9-7-8-15(12-18)20-19(22)14-10-16(25-3)13-17(11-14)26-4/h7-13H,5-6H2,1-4H3,(H,20,22). The van der Waals surface area contributed by atoms with Crippen LogP contribution in [0.2, 0.25) is 0 Å². The Labute approximate surface area is 160 Å². The van der Waals surface area contributed by atoms with Gasteiger partial charge in [-0.15, -0.1) is 0 Å². The van der Waals surface area contributed by atoms with Gasteiger partial charge < -0.3 is 14.8 Å². The average molecular weight is 392 g/mol. The molecule has 2 aromatic rings. The summed E-state index contributed by atoms with van der Waals surface area (Å²) in [5.74, 6) is 0.569. The second kappa shape index (κ2) is 8.88. The summed E-state index contributed by atoms with van der Waals surface area (Å²) in [6.45, 7) is 4.31. The molecule has 0 aromatic heterocycles. The molecule has 0 aliphatic rings. The summed E-state index contributed by atoms with van der Waals surface area (Å²) in [5, 5.41) is 2.72. The van der Waals surface area contributed by atoms with Crippen LogP contribution >= 0.6 is 0 Å². The van der Waals surface area contributed by atoms with E-state index in [0.29, 0.717) is 35.8 Å². The second-order valence-corrected chi connectivity index (χ2v) is 7.61. The molecule has 0 aliphatic carbocycles. The van der Waals surface area contributed by atoms with Gasteiger partial charge in [-0.2, -0.15) is 4.31 Å². The van der Waals surface area contributed by atoms with Crippen molar-refractivity contribution in [1.82, 2.24) is 4.31 Å². The SMILES string of the molecule is CCN(CC)S(=O)(=O)c1cccc(NC(=O)c2cc(OC)cc(OC)c2)c1. The lowest BCUT2D eigenvalue weighted by Gasteiger charge is -2.19. The molecular formula is C19H24N2O5S. The molecule has 2 rings (SSSR count). The number of benzene rings is 2. The summed E-state index contributed by atoms with van der Waals surface area (Å²) in [7, 11) is -0.607. The molecule has 0 atom stereocenters. The number of carbonyl (C=O) groups excluding carboxylic acids is 1. The fraction of sp³-hybridized carbons (Fsp3) is 0.316. The third-order valence-electron chi connectivity index (χ3n) is 4.05. The number of methoxy groups -OCH3 is 2. The van der Waals surface area contributed by atoms with Crippen LogP contribution in [0.4, 0.5) is 5.69 Å². The fourth-order valence-corrected chi connectivity index (χ4v) is 4.09. The van der Waals surface area contributed by atoms with E-state index in [9.17, 15) is 13.2 Å². The smallest absolute Gasteiger partial charge is 0.255 e. The number of nitrogens with zero attached hydrogens (tertiary/aromatic N) is 1. The van der Waals surface area contributed by atoms with E-state index in [1.165, 1.54) is 30.7 Å².